The molecule has 0 aromatic heterocycles. The van der Waals surface area contributed by atoms with Crippen LogP contribution < -0.4 is 9.47 Å². The summed E-state index contributed by atoms with van der Waals surface area (Å²) >= 11 is 9.33. The lowest BCUT2D eigenvalue weighted by molar-refractivity contribution is 0.306. The van der Waals surface area contributed by atoms with Crippen LogP contribution in [-0.2, 0) is 6.61 Å². The predicted octanol–water partition coefficient (Wildman–Crippen LogP) is 4.69. The van der Waals surface area contributed by atoms with Gasteiger partial charge in [-0.15, -0.1) is 0 Å². The molecule has 0 atom stereocenters. The van der Waals surface area contributed by atoms with Gasteiger partial charge in [-0.2, -0.15) is 0 Å². The molecular weight excluding hydrogens is 316 g/mol. The second-order valence-electron chi connectivity index (χ2n) is 3.71. The molecule has 2 rings (SSSR count). The predicted molar refractivity (Wildman–Crippen MR) is 76.5 cm³/mol. The molecule has 4 heteroatoms. The number of halogens is 2. The van der Waals surface area contributed by atoms with E-state index in [4.69, 9.17) is 21.1 Å². The topological polar surface area (TPSA) is 18.5 Å². The van der Waals surface area contributed by atoms with E-state index in [9.17, 15) is 0 Å². The van der Waals surface area contributed by atoms with Gasteiger partial charge < -0.3 is 9.47 Å². The highest BCUT2D eigenvalue weighted by Gasteiger charge is 2.01. The van der Waals surface area contributed by atoms with Crippen LogP contribution in [0.15, 0.2) is 46.9 Å². The van der Waals surface area contributed by atoms with Crippen LogP contribution in [0.3, 0.4) is 0 Å². The van der Waals surface area contributed by atoms with Crippen LogP contribution in [0, 0.1) is 0 Å². The molecule has 0 saturated carbocycles. The molecule has 2 aromatic carbocycles. The van der Waals surface area contributed by atoms with Crippen LogP contribution in [0.25, 0.3) is 0 Å². The summed E-state index contributed by atoms with van der Waals surface area (Å²) in [5, 5.41) is 0.641. The quantitative estimate of drug-likeness (QED) is 0.811. The first kappa shape index (κ1) is 13.2. The van der Waals surface area contributed by atoms with Crippen molar-refractivity contribution >= 4 is 27.5 Å². The van der Waals surface area contributed by atoms with Crippen molar-refractivity contribution in [2.24, 2.45) is 0 Å². The van der Waals surface area contributed by atoms with Gasteiger partial charge in [0.2, 0.25) is 0 Å². The monoisotopic (exact) mass is 326 g/mol. The number of methoxy groups -OCH3 is 1. The Labute approximate surface area is 120 Å². The van der Waals surface area contributed by atoms with Crippen molar-refractivity contribution in [2.75, 3.05) is 7.11 Å². The van der Waals surface area contributed by atoms with E-state index >= 15 is 0 Å². The molecule has 0 spiro atoms. The minimum atomic E-state index is 0.502. The number of hydrogen-bond acceptors (Lipinski definition) is 2. The highest BCUT2D eigenvalue weighted by atomic mass is 79.9. The van der Waals surface area contributed by atoms with Crippen molar-refractivity contribution in [1.82, 2.24) is 0 Å². The van der Waals surface area contributed by atoms with E-state index in [1.54, 1.807) is 13.2 Å². The summed E-state index contributed by atoms with van der Waals surface area (Å²) in [4.78, 5) is 0. The summed E-state index contributed by atoms with van der Waals surface area (Å²) in [5.74, 6) is 1.59. The van der Waals surface area contributed by atoms with Crippen molar-refractivity contribution in [2.45, 2.75) is 6.61 Å². The molecule has 0 unspecified atom stereocenters. The lowest BCUT2D eigenvalue weighted by atomic mass is 10.2. The summed E-state index contributed by atoms with van der Waals surface area (Å²) in [7, 11) is 1.65. The van der Waals surface area contributed by atoms with Crippen LogP contribution in [0.1, 0.15) is 5.56 Å². The van der Waals surface area contributed by atoms with Gasteiger partial charge in [-0.05, 0) is 51.8 Å². The highest BCUT2D eigenvalue weighted by Crippen LogP contribution is 2.27. The molecule has 0 aliphatic rings. The van der Waals surface area contributed by atoms with Crippen molar-refractivity contribution in [3.63, 3.8) is 0 Å². The summed E-state index contributed by atoms with van der Waals surface area (Å²) in [6, 6.07) is 13.3. The molecule has 0 N–H and O–H groups in total. The number of ether oxygens (including phenoxy) is 2. The normalized spacial score (nSPS) is 10.2. The zero-order valence-electron chi connectivity index (χ0n) is 9.82. The molecular formula is C14H12BrClO2. The fourth-order valence-electron chi connectivity index (χ4n) is 1.46. The first-order valence-corrected chi connectivity index (χ1v) is 6.57. The van der Waals surface area contributed by atoms with E-state index < -0.39 is 0 Å². The molecule has 2 aromatic rings. The number of rotatable bonds is 4. The minimum Gasteiger partial charge on any atom is -0.497 e. The molecule has 0 fully saturated rings. The third-order valence-corrected chi connectivity index (χ3v) is 3.69. The van der Waals surface area contributed by atoms with E-state index in [0.29, 0.717) is 11.6 Å². The average Bonchev–Trinajstić information content (AvgIpc) is 2.41. The standard InChI is InChI=1S/C14H12BrClO2/c1-17-11-4-2-10(3-5-11)9-18-12-6-7-13(15)14(16)8-12/h2-8H,9H2,1H3. The van der Waals surface area contributed by atoms with E-state index in [0.717, 1.165) is 21.5 Å². The van der Waals surface area contributed by atoms with Crippen molar-refractivity contribution in [3.8, 4) is 11.5 Å². The summed E-state index contributed by atoms with van der Waals surface area (Å²) in [6.45, 7) is 0.502. The first-order valence-electron chi connectivity index (χ1n) is 5.40. The van der Waals surface area contributed by atoms with Gasteiger partial charge in [-0.1, -0.05) is 23.7 Å². The van der Waals surface area contributed by atoms with E-state index in [2.05, 4.69) is 15.9 Å². The van der Waals surface area contributed by atoms with Crippen molar-refractivity contribution in [1.29, 1.82) is 0 Å². The Kier molecular flexibility index (Phi) is 4.50. The van der Waals surface area contributed by atoms with Gasteiger partial charge in [0.25, 0.3) is 0 Å². The molecule has 0 aliphatic heterocycles. The Hall–Kier alpha value is -1.19. The molecule has 0 aliphatic carbocycles. The number of benzene rings is 2. The zero-order chi connectivity index (χ0) is 13.0. The fourth-order valence-corrected chi connectivity index (χ4v) is 1.87. The fraction of sp³-hybridized carbons (Fsp3) is 0.143. The maximum absolute atomic E-state index is 5.99. The first-order chi connectivity index (χ1) is 8.69. The van der Waals surface area contributed by atoms with Crippen molar-refractivity contribution < 1.29 is 9.47 Å². The Morgan fingerprint density at radius 2 is 1.72 bits per heavy atom. The molecule has 0 heterocycles. The maximum Gasteiger partial charge on any atom is 0.121 e. The van der Waals surface area contributed by atoms with Gasteiger partial charge in [0.05, 0.1) is 12.1 Å². The maximum atomic E-state index is 5.99. The average molecular weight is 328 g/mol. The smallest absolute Gasteiger partial charge is 0.121 e. The van der Waals surface area contributed by atoms with Gasteiger partial charge in [-0.3, -0.25) is 0 Å². The molecule has 0 bridgehead atoms. The van der Waals surface area contributed by atoms with Crippen LogP contribution in [0.2, 0.25) is 5.02 Å². The van der Waals surface area contributed by atoms with E-state index in [1.165, 1.54) is 0 Å². The molecule has 2 nitrogen and oxygen atoms in total. The second kappa shape index (κ2) is 6.12. The molecule has 0 radical (unpaired) electrons. The Bertz CT molecular complexity index is 526. The van der Waals surface area contributed by atoms with Crippen LogP contribution in [-0.4, -0.2) is 7.11 Å². The van der Waals surface area contributed by atoms with Crippen LogP contribution in [0.4, 0.5) is 0 Å². The SMILES string of the molecule is COc1ccc(COc2ccc(Br)c(Cl)c2)cc1. The zero-order valence-corrected chi connectivity index (χ0v) is 12.2. The van der Waals surface area contributed by atoms with E-state index in [1.807, 2.05) is 36.4 Å². The van der Waals surface area contributed by atoms with Gasteiger partial charge >= 0.3 is 0 Å². The molecule has 0 amide bonds. The lowest BCUT2D eigenvalue weighted by Gasteiger charge is -2.08. The van der Waals surface area contributed by atoms with E-state index in [-0.39, 0.29) is 0 Å². The number of hydrogen-bond donors (Lipinski definition) is 0. The van der Waals surface area contributed by atoms with Crippen LogP contribution in [0.5, 0.6) is 11.5 Å². The summed E-state index contributed by atoms with van der Waals surface area (Å²) in [6.07, 6.45) is 0. The van der Waals surface area contributed by atoms with Gasteiger partial charge in [0.1, 0.15) is 18.1 Å². The Balaban J connectivity index is 1.99. The van der Waals surface area contributed by atoms with Crippen molar-refractivity contribution in [3.05, 3.63) is 57.5 Å². The Morgan fingerprint density at radius 3 is 2.33 bits per heavy atom. The molecule has 94 valence electrons. The summed E-state index contributed by atoms with van der Waals surface area (Å²) < 4.78 is 11.6. The largest absolute Gasteiger partial charge is 0.497 e. The third kappa shape index (κ3) is 3.40. The molecule has 18 heavy (non-hydrogen) atoms. The third-order valence-electron chi connectivity index (χ3n) is 2.46. The Morgan fingerprint density at radius 1 is 1.06 bits per heavy atom. The second-order valence-corrected chi connectivity index (χ2v) is 4.97. The minimum absolute atomic E-state index is 0.502. The highest BCUT2D eigenvalue weighted by molar-refractivity contribution is 9.10. The van der Waals surface area contributed by atoms with Gasteiger partial charge in [-0.25, -0.2) is 0 Å². The molecule has 0 saturated heterocycles. The van der Waals surface area contributed by atoms with Gasteiger partial charge in [0.15, 0.2) is 0 Å². The van der Waals surface area contributed by atoms with Gasteiger partial charge in [0, 0.05) is 4.47 Å². The van der Waals surface area contributed by atoms with Crippen LogP contribution >= 0.6 is 27.5 Å². The lowest BCUT2D eigenvalue weighted by Crippen LogP contribution is -1.95. The summed E-state index contributed by atoms with van der Waals surface area (Å²) in [5.41, 5.74) is 1.08.